The van der Waals surface area contributed by atoms with Crippen LogP contribution in [0.5, 0.6) is 5.75 Å². The van der Waals surface area contributed by atoms with Gasteiger partial charge < -0.3 is 19.9 Å². The maximum absolute atomic E-state index is 11.9. The number of carbonyl (C=O) groups excluding carboxylic acids is 1. The van der Waals surface area contributed by atoms with Crippen molar-refractivity contribution in [3.63, 3.8) is 0 Å². The Hall–Kier alpha value is -3.46. The number of rotatable bonds is 5. The van der Waals surface area contributed by atoms with Gasteiger partial charge in [0, 0.05) is 23.7 Å². The minimum absolute atomic E-state index is 0.0645. The lowest BCUT2D eigenvalue weighted by atomic mass is 10.1. The molecule has 0 unspecified atom stereocenters. The summed E-state index contributed by atoms with van der Waals surface area (Å²) >= 11 is 0. The minimum atomic E-state index is -0.241. The van der Waals surface area contributed by atoms with E-state index >= 15 is 0 Å². The number of carbonyl (C=O) groups is 1. The molecule has 28 heavy (non-hydrogen) atoms. The number of methoxy groups -OCH3 is 1. The maximum atomic E-state index is 11.9. The van der Waals surface area contributed by atoms with Crippen LogP contribution in [0.1, 0.15) is 26.3 Å². The van der Waals surface area contributed by atoms with Crippen LogP contribution in [-0.4, -0.2) is 23.7 Å². The van der Waals surface area contributed by atoms with Crippen LogP contribution in [0, 0.1) is 11.3 Å². The van der Waals surface area contributed by atoms with Crippen molar-refractivity contribution >= 4 is 22.6 Å². The van der Waals surface area contributed by atoms with E-state index in [4.69, 9.17) is 4.74 Å². The number of aryl methyl sites for hydroxylation is 1. The second-order valence-corrected chi connectivity index (χ2v) is 6.79. The molecule has 2 amide bonds. The van der Waals surface area contributed by atoms with Gasteiger partial charge in [0.25, 0.3) is 0 Å². The van der Waals surface area contributed by atoms with E-state index < -0.39 is 0 Å². The van der Waals surface area contributed by atoms with E-state index in [1.807, 2.05) is 56.3 Å². The molecule has 1 heterocycles. The Labute approximate surface area is 164 Å². The van der Waals surface area contributed by atoms with Gasteiger partial charge in [-0.3, -0.25) is 0 Å². The van der Waals surface area contributed by atoms with Crippen LogP contribution in [0.15, 0.2) is 42.5 Å². The second kappa shape index (κ2) is 8.05. The zero-order valence-corrected chi connectivity index (χ0v) is 16.5. The Kier molecular flexibility index (Phi) is 5.55. The third-order valence-corrected chi connectivity index (χ3v) is 4.53. The summed E-state index contributed by atoms with van der Waals surface area (Å²) in [5.74, 6) is 0.722. The molecule has 0 atom stereocenters. The van der Waals surface area contributed by atoms with Gasteiger partial charge in [-0.15, -0.1) is 0 Å². The Morgan fingerprint density at radius 2 is 1.93 bits per heavy atom. The third-order valence-electron chi connectivity index (χ3n) is 4.53. The van der Waals surface area contributed by atoms with Crippen molar-refractivity contribution in [3.8, 4) is 23.1 Å². The molecule has 0 aliphatic carbocycles. The third kappa shape index (κ3) is 3.65. The highest BCUT2D eigenvalue weighted by Crippen LogP contribution is 2.35. The zero-order chi connectivity index (χ0) is 20.3. The second-order valence-electron chi connectivity index (χ2n) is 6.79. The van der Waals surface area contributed by atoms with Gasteiger partial charge in [0.15, 0.2) is 0 Å². The minimum Gasteiger partial charge on any atom is -0.497 e. The van der Waals surface area contributed by atoms with Crippen molar-refractivity contribution in [1.29, 1.82) is 5.26 Å². The number of fused-ring (bicyclic) bond motifs is 1. The van der Waals surface area contributed by atoms with E-state index in [0.717, 1.165) is 34.5 Å². The summed E-state index contributed by atoms with van der Waals surface area (Å²) in [7, 11) is 1.62. The van der Waals surface area contributed by atoms with Gasteiger partial charge in [-0.25, -0.2) is 4.79 Å². The molecule has 1 aromatic heterocycles. The molecule has 0 saturated carbocycles. The first-order valence-electron chi connectivity index (χ1n) is 9.26. The van der Waals surface area contributed by atoms with Gasteiger partial charge in [0.1, 0.15) is 11.8 Å². The number of hydrogen-bond acceptors (Lipinski definition) is 3. The molecule has 0 radical (unpaired) electrons. The standard InChI is InChI=1S/C22H24N4O2/c1-5-26-20-11-10-17(28-4)12-18(20)19(13-23)21(26)15-6-8-16(9-7-15)25-22(27)24-14(2)3/h6-12,14H,5H2,1-4H3,(H2,24,25,27). The molecule has 6 heteroatoms. The van der Waals surface area contributed by atoms with Crippen molar-refractivity contribution in [2.24, 2.45) is 0 Å². The Bertz CT molecular complexity index is 1040. The summed E-state index contributed by atoms with van der Waals surface area (Å²) in [6.45, 7) is 6.60. The fraction of sp³-hybridized carbons (Fsp3) is 0.273. The van der Waals surface area contributed by atoms with Crippen molar-refractivity contribution in [2.45, 2.75) is 33.4 Å². The van der Waals surface area contributed by atoms with E-state index in [0.29, 0.717) is 11.3 Å². The first-order valence-corrected chi connectivity index (χ1v) is 9.26. The number of ether oxygens (including phenoxy) is 1. The van der Waals surface area contributed by atoms with Gasteiger partial charge in [-0.1, -0.05) is 12.1 Å². The molecule has 0 spiro atoms. The Morgan fingerprint density at radius 3 is 2.50 bits per heavy atom. The molecule has 0 saturated heterocycles. The van der Waals surface area contributed by atoms with Gasteiger partial charge >= 0.3 is 6.03 Å². The molecule has 0 aliphatic heterocycles. The fourth-order valence-electron chi connectivity index (χ4n) is 3.34. The van der Waals surface area contributed by atoms with Crippen molar-refractivity contribution in [3.05, 3.63) is 48.0 Å². The highest BCUT2D eigenvalue weighted by Gasteiger charge is 2.18. The lowest BCUT2D eigenvalue weighted by molar-refractivity contribution is 0.250. The first kappa shape index (κ1) is 19.3. The van der Waals surface area contributed by atoms with Crippen LogP contribution < -0.4 is 15.4 Å². The van der Waals surface area contributed by atoms with Gasteiger partial charge in [0.2, 0.25) is 0 Å². The maximum Gasteiger partial charge on any atom is 0.319 e. The average Bonchev–Trinajstić information content (AvgIpc) is 3.00. The van der Waals surface area contributed by atoms with E-state index in [9.17, 15) is 10.1 Å². The number of anilines is 1. The number of aromatic nitrogens is 1. The van der Waals surface area contributed by atoms with Crippen molar-refractivity contribution in [1.82, 2.24) is 9.88 Å². The summed E-state index contributed by atoms with van der Waals surface area (Å²) < 4.78 is 7.45. The summed E-state index contributed by atoms with van der Waals surface area (Å²) in [5, 5.41) is 16.3. The first-order chi connectivity index (χ1) is 13.5. The molecule has 2 aromatic carbocycles. The quantitative estimate of drug-likeness (QED) is 0.675. The smallest absolute Gasteiger partial charge is 0.319 e. The van der Waals surface area contributed by atoms with Crippen molar-refractivity contribution < 1.29 is 9.53 Å². The molecule has 6 nitrogen and oxygen atoms in total. The predicted octanol–water partition coefficient (Wildman–Crippen LogP) is 4.74. The predicted molar refractivity (Wildman–Crippen MR) is 112 cm³/mol. The SMILES string of the molecule is CCn1c(-c2ccc(NC(=O)NC(C)C)cc2)c(C#N)c2cc(OC)ccc21. The van der Waals surface area contributed by atoms with Gasteiger partial charge in [-0.05, 0) is 56.7 Å². The number of amides is 2. The Morgan fingerprint density at radius 1 is 1.21 bits per heavy atom. The monoisotopic (exact) mass is 376 g/mol. The number of urea groups is 1. The van der Waals surface area contributed by atoms with Gasteiger partial charge in [0.05, 0.1) is 23.9 Å². The summed E-state index contributed by atoms with van der Waals surface area (Å²) in [6.07, 6.45) is 0. The average molecular weight is 376 g/mol. The molecule has 2 N–H and O–H groups in total. The highest BCUT2D eigenvalue weighted by molar-refractivity contribution is 5.96. The number of hydrogen-bond donors (Lipinski definition) is 2. The van der Waals surface area contributed by atoms with Crippen LogP contribution in [0.3, 0.4) is 0 Å². The number of nitriles is 1. The summed E-state index contributed by atoms with van der Waals surface area (Å²) in [4.78, 5) is 11.9. The topological polar surface area (TPSA) is 79.1 Å². The van der Waals surface area contributed by atoms with Crippen LogP contribution in [0.2, 0.25) is 0 Å². The molecule has 3 rings (SSSR count). The molecule has 144 valence electrons. The summed E-state index contributed by atoms with van der Waals surface area (Å²) in [5.41, 5.74) is 4.10. The molecule has 0 fully saturated rings. The highest BCUT2D eigenvalue weighted by atomic mass is 16.5. The van der Waals surface area contributed by atoms with Crippen LogP contribution in [-0.2, 0) is 6.54 Å². The van der Waals surface area contributed by atoms with Crippen LogP contribution in [0.25, 0.3) is 22.2 Å². The van der Waals surface area contributed by atoms with Crippen molar-refractivity contribution in [2.75, 3.05) is 12.4 Å². The largest absolute Gasteiger partial charge is 0.497 e. The molecule has 3 aromatic rings. The number of nitrogens with zero attached hydrogens (tertiary/aromatic N) is 2. The van der Waals surface area contributed by atoms with Gasteiger partial charge in [-0.2, -0.15) is 5.26 Å². The molecular formula is C22H24N4O2. The molecule has 0 aliphatic rings. The normalized spacial score (nSPS) is 10.7. The lowest BCUT2D eigenvalue weighted by Gasteiger charge is -2.12. The summed E-state index contributed by atoms with van der Waals surface area (Å²) in [6, 6.07) is 15.5. The van der Waals surface area contributed by atoms with E-state index in [1.54, 1.807) is 7.11 Å². The Balaban J connectivity index is 2.03. The van der Waals surface area contributed by atoms with E-state index in [1.165, 1.54) is 0 Å². The zero-order valence-electron chi connectivity index (χ0n) is 16.5. The van der Waals surface area contributed by atoms with E-state index in [2.05, 4.69) is 28.2 Å². The number of nitrogens with one attached hydrogen (secondary N) is 2. The molecular weight excluding hydrogens is 352 g/mol. The van der Waals surface area contributed by atoms with E-state index in [-0.39, 0.29) is 12.1 Å². The number of benzene rings is 2. The lowest BCUT2D eigenvalue weighted by Crippen LogP contribution is -2.34. The van der Waals surface area contributed by atoms with Crippen LogP contribution in [0.4, 0.5) is 10.5 Å². The fourth-order valence-corrected chi connectivity index (χ4v) is 3.34. The van der Waals surface area contributed by atoms with Crippen LogP contribution >= 0.6 is 0 Å². The molecule has 0 bridgehead atoms.